The van der Waals surface area contributed by atoms with E-state index in [1.165, 1.54) is 18.0 Å². The predicted octanol–water partition coefficient (Wildman–Crippen LogP) is 1.87. The Balaban J connectivity index is 2.37. The molecule has 1 atom stereocenters. The third-order valence-corrected chi connectivity index (χ3v) is 3.23. The van der Waals surface area contributed by atoms with Gasteiger partial charge in [-0.1, -0.05) is 18.2 Å². The Hall–Kier alpha value is -2.63. The Bertz CT molecular complexity index is 637. The van der Waals surface area contributed by atoms with Gasteiger partial charge >= 0.3 is 5.97 Å². The van der Waals surface area contributed by atoms with Crippen LogP contribution in [-0.4, -0.2) is 38.2 Å². The van der Waals surface area contributed by atoms with Crippen LogP contribution in [0, 0.1) is 0 Å². The second kappa shape index (κ2) is 6.21. The van der Waals surface area contributed by atoms with Crippen LogP contribution in [0.15, 0.2) is 42.7 Å². The number of carboxylic acids is 1. The van der Waals surface area contributed by atoms with E-state index in [4.69, 9.17) is 0 Å². The molecule has 0 radical (unpaired) electrons. The lowest BCUT2D eigenvalue weighted by Crippen LogP contribution is -2.37. The topological polar surface area (TPSA) is 75.4 Å². The summed E-state index contributed by atoms with van der Waals surface area (Å²) < 4.78 is 1.60. The number of carbonyl (C=O) groups excluding carboxylic acids is 1. The van der Waals surface area contributed by atoms with Gasteiger partial charge in [-0.2, -0.15) is 5.10 Å². The molecule has 2 rings (SSSR count). The fourth-order valence-corrected chi connectivity index (χ4v) is 2.24. The molecule has 0 spiro atoms. The van der Waals surface area contributed by atoms with Crippen LogP contribution in [-0.2, 0) is 9.59 Å². The number of amides is 1. The standard InChI is InChI=1S/C15H17N3O3/c1-3-17(11(2)19)14(15(20)21)12-9-16-18(10-12)13-7-5-4-6-8-13/h4-10,14H,3H2,1-2H3,(H,20,21). The second-order valence-electron chi connectivity index (χ2n) is 4.60. The van der Waals surface area contributed by atoms with Gasteiger partial charge in [0.2, 0.25) is 5.91 Å². The molecule has 1 aromatic carbocycles. The number of carboxylic acid groups (broad SMARTS) is 1. The molecule has 0 aliphatic rings. The number of aliphatic carboxylic acids is 1. The van der Waals surface area contributed by atoms with Gasteiger partial charge in [-0.3, -0.25) is 4.79 Å². The summed E-state index contributed by atoms with van der Waals surface area (Å²) in [5.74, 6) is -1.35. The van der Waals surface area contributed by atoms with Crippen LogP contribution in [0.1, 0.15) is 25.5 Å². The first-order valence-electron chi connectivity index (χ1n) is 6.64. The molecule has 1 heterocycles. The first-order valence-corrected chi connectivity index (χ1v) is 6.64. The zero-order valence-corrected chi connectivity index (χ0v) is 11.9. The summed E-state index contributed by atoms with van der Waals surface area (Å²) in [6.07, 6.45) is 3.12. The van der Waals surface area contributed by atoms with E-state index in [-0.39, 0.29) is 5.91 Å². The molecule has 0 saturated carbocycles. The van der Waals surface area contributed by atoms with Crippen molar-refractivity contribution in [1.82, 2.24) is 14.7 Å². The largest absolute Gasteiger partial charge is 0.479 e. The van der Waals surface area contributed by atoms with E-state index in [0.29, 0.717) is 12.1 Å². The van der Waals surface area contributed by atoms with Crippen molar-refractivity contribution in [3.8, 4) is 5.69 Å². The van der Waals surface area contributed by atoms with Crippen molar-refractivity contribution in [2.24, 2.45) is 0 Å². The van der Waals surface area contributed by atoms with Gasteiger partial charge in [-0.25, -0.2) is 9.48 Å². The molecule has 0 aliphatic carbocycles. The summed E-state index contributed by atoms with van der Waals surface area (Å²) >= 11 is 0. The minimum atomic E-state index is -1.07. The second-order valence-corrected chi connectivity index (χ2v) is 4.60. The van der Waals surface area contributed by atoms with Crippen LogP contribution in [0.2, 0.25) is 0 Å². The van der Waals surface area contributed by atoms with E-state index < -0.39 is 12.0 Å². The minimum absolute atomic E-state index is 0.280. The maximum atomic E-state index is 11.6. The number of nitrogens with zero attached hydrogens (tertiary/aromatic N) is 3. The quantitative estimate of drug-likeness (QED) is 0.910. The van der Waals surface area contributed by atoms with E-state index >= 15 is 0 Å². The van der Waals surface area contributed by atoms with Crippen molar-refractivity contribution in [1.29, 1.82) is 0 Å². The average molecular weight is 287 g/mol. The van der Waals surface area contributed by atoms with Gasteiger partial charge in [0.1, 0.15) is 0 Å². The molecule has 1 aromatic heterocycles. The summed E-state index contributed by atoms with van der Waals surface area (Å²) in [6.45, 7) is 3.43. The Morgan fingerprint density at radius 2 is 2.00 bits per heavy atom. The third-order valence-electron chi connectivity index (χ3n) is 3.23. The van der Waals surface area contributed by atoms with Crippen molar-refractivity contribution in [3.05, 3.63) is 48.3 Å². The third kappa shape index (κ3) is 3.10. The highest BCUT2D eigenvalue weighted by atomic mass is 16.4. The molecule has 110 valence electrons. The van der Waals surface area contributed by atoms with Gasteiger partial charge in [0.05, 0.1) is 11.9 Å². The Morgan fingerprint density at radius 3 is 2.52 bits per heavy atom. The Kier molecular flexibility index (Phi) is 4.37. The molecule has 6 nitrogen and oxygen atoms in total. The number of aromatic nitrogens is 2. The molecule has 2 aromatic rings. The number of carbonyl (C=O) groups is 2. The lowest BCUT2D eigenvalue weighted by Gasteiger charge is -2.25. The van der Waals surface area contributed by atoms with E-state index in [9.17, 15) is 14.7 Å². The number of likely N-dealkylation sites (N-methyl/N-ethyl adjacent to an activating group) is 1. The first kappa shape index (κ1) is 14.8. The molecule has 0 saturated heterocycles. The SMILES string of the molecule is CCN(C(C)=O)C(C(=O)O)c1cnn(-c2ccccc2)c1. The maximum absolute atomic E-state index is 11.6. The first-order chi connectivity index (χ1) is 10.0. The van der Waals surface area contributed by atoms with Gasteiger partial charge in [0, 0.05) is 25.2 Å². The van der Waals surface area contributed by atoms with Crippen LogP contribution >= 0.6 is 0 Å². The molecular formula is C15H17N3O3. The molecule has 6 heteroatoms. The van der Waals surface area contributed by atoms with Gasteiger partial charge in [-0.05, 0) is 19.1 Å². The van der Waals surface area contributed by atoms with Crippen molar-refractivity contribution < 1.29 is 14.7 Å². The molecule has 1 N–H and O–H groups in total. The van der Waals surface area contributed by atoms with Gasteiger partial charge in [0.25, 0.3) is 0 Å². The van der Waals surface area contributed by atoms with Crippen LogP contribution < -0.4 is 0 Å². The van der Waals surface area contributed by atoms with Crippen molar-refractivity contribution in [3.63, 3.8) is 0 Å². The number of para-hydroxylation sites is 1. The van der Waals surface area contributed by atoms with E-state index in [0.717, 1.165) is 5.69 Å². The normalized spacial score (nSPS) is 11.9. The fourth-order valence-electron chi connectivity index (χ4n) is 2.24. The van der Waals surface area contributed by atoms with Crippen LogP contribution in [0.4, 0.5) is 0 Å². The molecule has 0 bridgehead atoms. The maximum Gasteiger partial charge on any atom is 0.331 e. The van der Waals surface area contributed by atoms with Gasteiger partial charge in [-0.15, -0.1) is 0 Å². The fraction of sp³-hybridized carbons (Fsp3) is 0.267. The summed E-state index contributed by atoms with van der Waals surface area (Å²) in [5.41, 5.74) is 1.31. The highest BCUT2D eigenvalue weighted by molar-refractivity contribution is 5.83. The molecular weight excluding hydrogens is 270 g/mol. The summed E-state index contributed by atoms with van der Waals surface area (Å²) in [6, 6.07) is 8.36. The summed E-state index contributed by atoms with van der Waals surface area (Å²) in [7, 11) is 0. The highest BCUT2D eigenvalue weighted by Crippen LogP contribution is 2.22. The molecule has 0 aliphatic heterocycles. The Labute approximate surface area is 122 Å². The van der Waals surface area contributed by atoms with Gasteiger partial charge in [0.15, 0.2) is 6.04 Å². The van der Waals surface area contributed by atoms with Crippen LogP contribution in [0.25, 0.3) is 5.69 Å². The van der Waals surface area contributed by atoms with E-state index in [2.05, 4.69) is 5.10 Å². The van der Waals surface area contributed by atoms with Crippen LogP contribution in [0.5, 0.6) is 0 Å². The lowest BCUT2D eigenvalue weighted by molar-refractivity contribution is -0.149. The average Bonchev–Trinajstić information content (AvgIpc) is 2.93. The minimum Gasteiger partial charge on any atom is -0.479 e. The predicted molar refractivity (Wildman–Crippen MR) is 77.0 cm³/mol. The zero-order valence-electron chi connectivity index (χ0n) is 11.9. The number of rotatable bonds is 5. The number of hydrogen-bond acceptors (Lipinski definition) is 3. The van der Waals surface area contributed by atoms with E-state index in [1.54, 1.807) is 17.8 Å². The Morgan fingerprint density at radius 1 is 1.33 bits per heavy atom. The number of benzene rings is 1. The number of hydrogen-bond donors (Lipinski definition) is 1. The molecule has 0 fully saturated rings. The van der Waals surface area contributed by atoms with Gasteiger partial charge < -0.3 is 10.0 Å². The summed E-state index contributed by atoms with van der Waals surface area (Å²) in [5, 5.41) is 13.6. The molecule has 21 heavy (non-hydrogen) atoms. The molecule has 1 unspecified atom stereocenters. The van der Waals surface area contributed by atoms with Crippen LogP contribution in [0.3, 0.4) is 0 Å². The van der Waals surface area contributed by atoms with Crippen molar-refractivity contribution >= 4 is 11.9 Å². The highest BCUT2D eigenvalue weighted by Gasteiger charge is 2.29. The zero-order chi connectivity index (χ0) is 15.4. The van der Waals surface area contributed by atoms with Crippen molar-refractivity contribution in [2.75, 3.05) is 6.54 Å². The van der Waals surface area contributed by atoms with E-state index in [1.807, 2.05) is 30.3 Å². The monoisotopic (exact) mass is 287 g/mol. The molecule has 1 amide bonds. The summed E-state index contributed by atoms with van der Waals surface area (Å²) in [4.78, 5) is 24.4. The van der Waals surface area contributed by atoms with Crippen molar-refractivity contribution in [2.45, 2.75) is 19.9 Å². The smallest absolute Gasteiger partial charge is 0.331 e. The lowest BCUT2D eigenvalue weighted by atomic mass is 10.1.